The van der Waals surface area contributed by atoms with Crippen LogP contribution in [0, 0.1) is 5.92 Å². The van der Waals surface area contributed by atoms with Crippen molar-refractivity contribution in [3.63, 3.8) is 0 Å². The summed E-state index contributed by atoms with van der Waals surface area (Å²) >= 11 is 1.78. The number of rotatable bonds is 1. The van der Waals surface area contributed by atoms with Gasteiger partial charge in [-0.15, -0.1) is 11.3 Å². The largest absolute Gasteiger partial charge is 0.356 e. The molecule has 0 bridgehead atoms. The summed E-state index contributed by atoms with van der Waals surface area (Å²) in [5.74, 6) is 0.0288. The van der Waals surface area contributed by atoms with E-state index in [1.807, 2.05) is 4.90 Å². The van der Waals surface area contributed by atoms with Crippen LogP contribution in [0.2, 0.25) is 0 Å². The SMILES string of the molecule is CC1c2ccsc2CCN1C(=O)C1CCNC(=O)C1. The molecule has 2 atom stereocenters. The molecule has 3 rings (SSSR count). The predicted octanol–water partition coefficient (Wildman–Crippen LogP) is 1.72. The highest BCUT2D eigenvalue weighted by molar-refractivity contribution is 7.10. The van der Waals surface area contributed by atoms with Crippen LogP contribution in [0.5, 0.6) is 0 Å². The summed E-state index contributed by atoms with van der Waals surface area (Å²) in [6, 6.07) is 2.27. The van der Waals surface area contributed by atoms with Crippen LogP contribution in [0.3, 0.4) is 0 Å². The first-order valence-electron chi connectivity index (χ1n) is 6.80. The molecule has 0 spiro atoms. The van der Waals surface area contributed by atoms with Gasteiger partial charge in [0.2, 0.25) is 11.8 Å². The van der Waals surface area contributed by atoms with Crippen LogP contribution in [-0.2, 0) is 16.0 Å². The highest BCUT2D eigenvalue weighted by Gasteiger charge is 2.34. The van der Waals surface area contributed by atoms with Crippen LogP contribution >= 0.6 is 11.3 Å². The summed E-state index contributed by atoms with van der Waals surface area (Å²) in [5, 5.41) is 4.88. The van der Waals surface area contributed by atoms with Gasteiger partial charge in [-0.2, -0.15) is 0 Å². The average molecular weight is 278 g/mol. The molecule has 0 radical (unpaired) electrons. The van der Waals surface area contributed by atoms with Gasteiger partial charge in [-0.25, -0.2) is 0 Å². The maximum absolute atomic E-state index is 12.6. The standard InChI is InChI=1S/C14H18N2O2S/c1-9-11-4-7-19-12(11)3-6-16(9)14(18)10-2-5-15-13(17)8-10/h4,7,9-10H,2-3,5-6,8H2,1H3,(H,15,17). The van der Waals surface area contributed by atoms with Crippen LogP contribution < -0.4 is 5.32 Å². The number of thiophene rings is 1. The number of amides is 2. The molecule has 2 aliphatic heterocycles. The van der Waals surface area contributed by atoms with E-state index in [0.717, 1.165) is 19.4 Å². The number of hydrogen-bond donors (Lipinski definition) is 1. The van der Waals surface area contributed by atoms with Crippen LogP contribution in [0.15, 0.2) is 11.4 Å². The van der Waals surface area contributed by atoms with Crippen LogP contribution in [0.4, 0.5) is 0 Å². The molecular formula is C14H18N2O2S. The first kappa shape index (κ1) is 12.7. The Labute approximate surface area is 116 Å². The Bertz CT molecular complexity index is 511. The Balaban J connectivity index is 1.76. The third kappa shape index (κ3) is 2.27. The second-order valence-electron chi connectivity index (χ2n) is 5.30. The van der Waals surface area contributed by atoms with E-state index in [4.69, 9.17) is 0 Å². The fraction of sp³-hybridized carbons (Fsp3) is 0.571. The van der Waals surface area contributed by atoms with Crippen molar-refractivity contribution in [3.8, 4) is 0 Å². The van der Waals surface area contributed by atoms with Gasteiger partial charge < -0.3 is 10.2 Å². The molecule has 2 amide bonds. The van der Waals surface area contributed by atoms with Crippen molar-refractivity contribution in [1.29, 1.82) is 0 Å². The lowest BCUT2D eigenvalue weighted by molar-refractivity contribution is -0.142. The third-order valence-corrected chi connectivity index (χ3v) is 5.15. The van der Waals surface area contributed by atoms with E-state index in [1.165, 1.54) is 10.4 Å². The van der Waals surface area contributed by atoms with Crippen molar-refractivity contribution in [3.05, 3.63) is 21.9 Å². The van der Waals surface area contributed by atoms with Crippen molar-refractivity contribution in [2.24, 2.45) is 5.92 Å². The van der Waals surface area contributed by atoms with Gasteiger partial charge in [0.15, 0.2) is 0 Å². The molecule has 1 aromatic heterocycles. The summed E-state index contributed by atoms with van der Waals surface area (Å²) < 4.78 is 0. The number of nitrogens with zero attached hydrogens (tertiary/aromatic N) is 1. The van der Waals surface area contributed by atoms with Gasteiger partial charge in [0.1, 0.15) is 0 Å². The van der Waals surface area contributed by atoms with E-state index in [9.17, 15) is 9.59 Å². The van der Waals surface area contributed by atoms with Gasteiger partial charge in [0, 0.05) is 30.3 Å². The van der Waals surface area contributed by atoms with Crippen molar-refractivity contribution in [1.82, 2.24) is 10.2 Å². The Hall–Kier alpha value is -1.36. The van der Waals surface area contributed by atoms with Crippen molar-refractivity contribution in [2.75, 3.05) is 13.1 Å². The monoisotopic (exact) mass is 278 g/mol. The highest BCUT2D eigenvalue weighted by Crippen LogP contribution is 2.34. The summed E-state index contributed by atoms with van der Waals surface area (Å²) in [7, 11) is 0. The van der Waals surface area contributed by atoms with Gasteiger partial charge in [0.25, 0.3) is 0 Å². The lowest BCUT2D eigenvalue weighted by Gasteiger charge is -2.36. The smallest absolute Gasteiger partial charge is 0.226 e. The normalized spacial score (nSPS) is 26.8. The van der Waals surface area contributed by atoms with Gasteiger partial charge in [-0.05, 0) is 36.8 Å². The third-order valence-electron chi connectivity index (χ3n) is 4.16. The maximum Gasteiger partial charge on any atom is 0.226 e. The van der Waals surface area contributed by atoms with Crippen LogP contribution in [0.25, 0.3) is 0 Å². The molecule has 2 aliphatic rings. The molecular weight excluding hydrogens is 260 g/mol. The summed E-state index contributed by atoms with van der Waals surface area (Å²) in [5.41, 5.74) is 1.28. The minimum Gasteiger partial charge on any atom is -0.356 e. The van der Waals surface area contributed by atoms with E-state index in [1.54, 1.807) is 11.3 Å². The van der Waals surface area contributed by atoms with E-state index >= 15 is 0 Å². The molecule has 5 heteroatoms. The zero-order chi connectivity index (χ0) is 13.4. The number of carbonyl (C=O) groups is 2. The van der Waals surface area contributed by atoms with Gasteiger partial charge in [-0.3, -0.25) is 9.59 Å². The van der Waals surface area contributed by atoms with Crippen molar-refractivity contribution >= 4 is 23.2 Å². The highest BCUT2D eigenvalue weighted by atomic mass is 32.1. The van der Waals surface area contributed by atoms with Crippen molar-refractivity contribution in [2.45, 2.75) is 32.2 Å². The Morgan fingerprint density at radius 1 is 1.53 bits per heavy atom. The van der Waals surface area contributed by atoms with E-state index in [-0.39, 0.29) is 23.8 Å². The Kier molecular flexibility index (Phi) is 3.31. The second kappa shape index (κ2) is 4.96. The molecule has 0 aromatic carbocycles. The van der Waals surface area contributed by atoms with Gasteiger partial charge in [0.05, 0.1) is 6.04 Å². The van der Waals surface area contributed by atoms with Gasteiger partial charge in [-0.1, -0.05) is 0 Å². The number of nitrogens with one attached hydrogen (secondary N) is 1. The average Bonchev–Trinajstić information content (AvgIpc) is 2.88. The fourth-order valence-electron chi connectivity index (χ4n) is 3.04. The molecule has 1 aromatic rings. The van der Waals surface area contributed by atoms with Gasteiger partial charge >= 0.3 is 0 Å². The zero-order valence-electron chi connectivity index (χ0n) is 11.0. The minimum atomic E-state index is -0.128. The maximum atomic E-state index is 12.6. The molecule has 1 saturated heterocycles. The molecule has 102 valence electrons. The number of fused-ring (bicyclic) bond motifs is 1. The van der Waals surface area contributed by atoms with E-state index < -0.39 is 0 Å². The number of piperidine rings is 1. The molecule has 0 saturated carbocycles. The van der Waals surface area contributed by atoms with E-state index in [0.29, 0.717) is 13.0 Å². The molecule has 0 aliphatic carbocycles. The predicted molar refractivity (Wildman–Crippen MR) is 73.9 cm³/mol. The quantitative estimate of drug-likeness (QED) is 0.850. The van der Waals surface area contributed by atoms with E-state index in [2.05, 4.69) is 23.7 Å². The first-order valence-corrected chi connectivity index (χ1v) is 7.68. The van der Waals surface area contributed by atoms with Crippen LogP contribution in [0.1, 0.15) is 36.2 Å². The Morgan fingerprint density at radius 3 is 3.16 bits per heavy atom. The molecule has 19 heavy (non-hydrogen) atoms. The Morgan fingerprint density at radius 2 is 2.37 bits per heavy atom. The summed E-state index contributed by atoms with van der Waals surface area (Å²) in [4.78, 5) is 27.4. The second-order valence-corrected chi connectivity index (χ2v) is 6.30. The molecule has 3 heterocycles. The molecule has 1 fully saturated rings. The summed E-state index contributed by atoms with van der Waals surface area (Å²) in [6.07, 6.45) is 2.06. The molecule has 2 unspecified atom stereocenters. The number of hydrogen-bond acceptors (Lipinski definition) is 3. The topological polar surface area (TPSA) is 49.4 Å². The summed E-state index contributed by atoms with van der Waals surface area (Å²) in [6.45, 7) is 3.50. The molecule has 1 N–H and O–H groups in total. The minimum absolute atomic E-state index is 0.00508. The fourth-order valence-corrected chi connectivity index (χ4v) is 4.00. The van der Waals surface area contributed by atoms with Crippen LogP contribution in [-0.4, -0.2) is 29.8 Å². The van der Waals surface area contributed by atoms with Crippen molar-refractivity contribution < 1.29 is 9.59 Å². The molecule has 4 nitrogen and oxygen atoms in total. The zero-order valence-corrected chi connectivity index (χ0v) is 11.8. The lowest BCUT2D eigenvalue weighted by Crippen LogP contribution is -2.46. The first-order chi connectivity index (χ1) is 9.16. The number of carbonyl (C=O) groups excluding carboxylic acids is 2. The lowest BCUT2D eigenvalue weighted by atomic mass is 9.93.